The minimum Gasteiger partial charge on any atom is -0.285 e. The van der Waals surface area contributed by atoms with Gasteiger partial charge in [-0.1, -0.05) is 19.1 Å². The van der Waals surface area contributed by atoms with Crippen molar-refractivity contribution >= 4 is 17.5 Å². The smallest absolute Gasteiger partial charge is 0.285 e. The number of ketones is 1. The number of hydrogen-bond acceptors (Lipinski definition) is 2. The molecule has 0 spiro atoms. The first-order valence-electron chi connectivity index (χ1n) is 3.54. The molecular formula is C8H9F3OS. The molecule has 0 aliphatic rings. The second kappa shape index (κ2) is 5.85. The number of halogens is 3. The maximum atomic E-state index is 11.6. The van der Waals surface area contributed by atoms with Crippen LogP contribution >= 0.6 is 11.8 Å². The van der Waals surface area contributed by atoms with E-state index in [2.05, 4.69) is 0 Å². The third-order valence-corrected chi connectivity index (χ3v) is 1.66. The summed E-state index contributed by atoms with van der Waals surface area (Å²) in [5, 5.41) is 1.63. The Bertz CT molecular complexity index is 218. The van der Waals surface area contributed by atoms with Gasteiger partial charge < -0.3 is 0 Å². The van der Waals surface area contributed by atoms with E-state index in [0.29, 0.717) is 6.08 Å². The van der Waals surface area contributed by atoms with Gasteiger partial charge in [-0.2, -0.15) is 13.2 Å². The fourth-order valence-electron chi connectivity index (χ4n) is 0.435. The van der Waals surface area contributed by atoms with Crippen molar-refractivity contribution in [1.82, 2.24) is 0 Å². The Morgan fingerprint density at radius 1 is 1.38 bits per heavy atom. The van der Waals surface area contributed by atoms with E-state index in [4.69, 9.17) is 0 Å². The van der Waals surface area contributed by atoms with Crippen LogP contribution in [0.3, 0.4) is 0 Å². The quantitative estimate of drug-likeness (QED) is 0.524. The van der Waals surface area contributed by atoms with Crippen molar-refractivity contribution < 1.29 is 18.0 Å². The first kappa shape index (κ1) is 12.3. The Labute approximate surface area is 78.7 Å². The lowest BCUT2D eigenvalue weighted by Gasteiger charge is -1.97. The van der Waals surface area contributed by atoms with Gasteiger partial charge in [-0.25, -0.2) is 0 Å². The highest BCUT2D eigenvalue weighted by Crippen LogP contribution is 2.16. The van der Waals surface area contributed by atoms with Crippen LogP contribution in [0.25, 0.3) is 0 Å². The highest BCUT2D eigenvalue weighted by molar-refractivity contribution is 8.02. The molecule has 13 heavy (non-hydrogen) atoms. The zero-order chi connectivity index (χ0) is 10.3. The third-order valence-electron chi connectivity index (χ3n) is 0.980. The van der Waals surface area contributed by atoms with Gasteiger partial charge in [0.15, 0.2) is 0 Å². The van der Waals surface area contributed by atoms with Crippen molar-refractivity contribution in [2.45, 2.75) is 13.1 Å². The van der Waals surface area contributed by atoms with Crippen LogP contribution in [0.1, 0.15) is 6.92 Å². The van der Waals surface area contributed by atoms with Gasteiger partial charge in [-0.3, -0.25) is 4.79 Å². The Morgan fingerprint density at radius 2 is 2.00 bits per heavy atom. The summed E-state index contributed by atoms with van der Waals surface area (Å²) in [4.78, 5) is 10.2. The van der Waals surface area contributed by atoms with Gasteiger partial charge >= 0.3 is 6.18 Å². The molecule has 0 saturated heterocycles. The summed E-state index contributed by atoms with van der Waals surface area (Å²) in [5.41, 5.74) is 0. The standard InChI is InChI=1S/C8H9F3OS/c1-2-13-6-4-3-5-7(12)8(9,10)11/h3-6H,2H2,1H3/b5-3+,6-4+. The predicted octanol–water partition coefficient (Wildman–Crippen LogP) is 2.94. The molecule has 0 N–H and O–H groups in total. The van der Waals surface area contributed by atoms with Gasteiger partial charge in [0, 0.05) is 0 Å². The number of alkyl halides is 3. The van der Waals surface area contributed by atoms with Gasteiger partial charge in [-0.15, -0.1) is 11.8 Å². The Morgan fingerprint density at radius 3 is 2.46 bits per heavy atom. The average molecular weight is 210 g/mol. The van der Waals surface area contributed by atoms with Gasteiger partial charge in [0.05, 0.1) is 0 Å². The van der Waals surface area contributed by atoms with Crippen LogP contribution in [0.2, 0.25) is 0 Å². The molecule has 0 aromatic rings. The summed E-state index contributed by atoms with van der Waals surface area (Å²) < 4.78 is 34.8. The van der Waals surface area contributed by atoms with Gasteiger partial charge in [-0.05, 0) is 17.2 Å². The van der Waals surface area contributed by atoms with Gasteiger partial charge in [0.1, 0.15) is 0 Å². The lowest BCUT2D eigenvalue weighted by Crippen LogP contribution is -2.19. The van der Waals surface area contributed by atoms with E-state index < -0.39 is 12.0 Å². The normalized spacial score (nSPS) is 12.9. The summed E-state index contributed by atoms with van der Waals surface area (Å²) >= 11 is 1.44. The van der Waals surface area contributed by atoms with Gasteiger partial charge in [0.25, 0.3) is 5.78 Å². The van der Waals surface area contributed by atoms with Crippen molar-refractivity contribution in [3.63, 3.8) is 0 Å². The molecule has 0 atom stereocenters. The summed E-state index contributed by atoms with van der Waals surface area (Å²) in [5.74, 6) is -0.990. The zero-order valence-electron chi connectivity index (χ0n) is 6.97. The fourth-order valence-corrected chi connectivity index (χ4v) is 0.829. The molecule has 0 saturated carbocycles. The molecule has 0 rings (SSSR count). The van der Waals surface area contributed by atoms with Crippen LogP contribution in [-0.4, -0.2) is 17.7 Å². The molecule has 0 unspecified atom stereocenters. The Balaban J connectivity index is 3.93. The Kier molecular flexibility index (Phi) is 5.53. The highest BCUT2D eigenvalue weighted by Gasteiger charge is 2.35. The minimum absolute atomic E-state index is 0.507. The maximum Gasteiger partial charge on any atom is 0.454 e. The molecular weight excluding hydrogens is 201 g/mol. The number of rotatable bonds is 4. The van der Waals surface area contributed by atoms with Crippen LogP contribution in [-0.2, 0) is 4.79 Å². The molecule has 0 fully saturated rings. The van der Waals surface area contributed by atoms with E-state index in [9.17, 15) is 18.0 Å². The van der Waals surface area contributed by atoms with Crippen molar-refractivity contribution in [1.29, 1.82) is 0 Å². The molecule has 0 bridgehead atoms. The van der Waals surface area contributed by atoms with Crippen LogP contribution in [0.5, 0.6) is 0 Å². The molecule has 1 nitrogen and oxygen atoms in total. The number of thioether (sulfide) groups is 1. The van der Waals surface area contributed by atoms with E-state index in [1.807, 2.05) is 6.92 Å². The molecule has 5 heteroatoms. The monoisotopic (exact) mass is 210 g/mol. The molecule has 0 aliphatic carbocycles. The largest absolute Gasteiger partial charge is 0.454 e. The molecule has 0 amide bonds. The Hall–Kier alpha value is -0.710. The zero-order valence-corrected chi connectivity index (χ0v) is 7.78. The molecule has 0 heterocycles. The van der Waals surface area contributed by atoms with Gasteiger partial charge in [0.2, 0.25) is 0 Å². The lowest BCUT2D eigenvalue weighted by atomic mass is 10.3. The van der Waals surface area contributed by atoms with E-state index in [1.54, 1.807) is 5.41 Å². The van der Waals surface area contributed by atoms with Crippen LogP contribution in [0.4, 0.5) is 13.2 Å². The third kappa shape index (κ3) is 6.45. The van der Waals surface area contributed by atoms with Crippen LogP contribution in [0.15, 0.2) is 23.6 Å². The van der Waals surface area contributed by atoms with E-state index in [0.717, 1.165) is 11.8 Å². The summed E-state index contributed by atoms with van der Waals surface area (Å²) in [6.45, 7) is 1.92. The minimum atomic E-state index is -4.76. The van der Waals surface area contributed by atoms with E-state index in [1.165, 1.54) is 17.8 Å². The van der Waals surface area contributed by atoms with E-state index >= 15 is 0 Å². The number of hydrogen-bond donors (Lipinski definition) is 0. The van der Waals surface area contributed by atoms with Crippen molar-refractivity contribution in [2.24, 2.45) is 0 Å². The molecule has 0 aromatic heterocycles. The average Bonchev–Trinajstić information content (AvgIpc) is 2.02. The van der Waals surface area contributed by atoms with Crippen molar-refractivity contribution in [3.05, 3.63) is 23.6 Å². The SMILES string of the molecule is CCS/C=C/C=C/C(=O)C(F)(F)F. The van der Waals surface area contributed by atoms with Crippen molar-refractivity contribution in [3.8, 4) is 0 Å². The summed E-state index contributed by atoms with van der Waals surface area (Å²) in [6, 6.07) is 0. The summed E-state index contributed by atoms with van der Waals surface area (Å²) in [7, 11) is 0. The topological polar surface area (TPSA) is 17.1 Å². The molecule has 0 radical (unpaired) electrons. The highest BCUT2D eigenvalue weighted by atomic mass is 32.2. The number of allylic oxidation sites excluding steroid dienone is 3. The van der Waals surface area contributed by atoms with Crippen LogP contribution in [0, 0.1) is 0 Å². The predicted molar refractivity (Wildman–Crippen MR) is 47.5 cm³/mol. The second-order valence-corrected chi connectivity index (χ2v) is 3.19. The van der Waals surface area contributed by atoms with Crippen LogP contribution < -0.4 is 0 Å². The fraction of sp³-hybridized carbons (Fsp3) is 0.375. The van der Waals surface area contributed by atoms with Crippen molar-refractivity contribution in [2.75, 3.05) is 5.75 Å². The second-order valence-electron chi connectivity index (χ2n) is 2.01. The van der Waals surface area contributed by atoms with E-state index in [-0.39, 0.29) is 0 Å². The number of carbonyl (C=O) groups is 1. The first-order valence-corrected chi connectivity index (χ1v) is 4.59. The molecule has 0 aromatic carbocycles. The molecule has 74 valence electrons. The number of carbonyl (C=O) groups excluding carboxylic acids is 1. The lowest BCUT2D eigenvalue weighted by molar-refractivity contribution is -0.165. The summed E-state index contributed by atoms with van der Waals surface area (Å²) in [6.07, 6.45) is -1.77. The maximum absolute atomic E-state index is 11.6. The molecule has 0 aliphatic heterocycles. The first-order chi connectivity index (χ1) is 5.98.